The second-order valence-electron chi connectivity index (χ2n) is 4.64. The van der Waals surface area contributed by atoms with Gasteiger partial charge in [0.1, 0.15) is 11.9 Å². The maximum atomic E-state index is 6.07. The Morgan fingerprint density at radius 3 is 2.87 bits per heavy atom. The monoisotopic (exact) mass is 204 g/mol. The molecule has 3 heteroatoms. The molecule has 0 amide bonds. The van der Waals surface area contributed by atoms with Crippen LogP contribution < -0.4 is 10.1 Å². The van der Waals surface area contributed by atoms with E-state index in [1.54, 1.807) is 6.20 Å². The lowest BCUT2D eigenvalue weighted by Crippen LogP contribution is -2.59. The van der Waals surface area contributed by atoms with Gasteiger partial charge in [0.05, 0.1) is 0 Å². The normalized spacial score (nSPS) is 33.3. The van der Waals surface area contributed by atoms with Crippen LogP contribution in [0.4, 0.5) is 0 Å². The Hall–Kier alpha value is -1.09. The maximum Gasteiger partial charge on any atom is 0.125 e. The number of fused-ring (bicyclic) bond motifs is 2. The van der Waals surface area contributed by atoms with Crippen molar-refractivity contribution >= 4 is 0 Å². The summed E-state index contributed by atoms with van der Waals surface area (Å²) >= 11 is 0. The molecule has 1 aliphatic heterocycles. The van der Waals surface area contributed by atoms with Crippen LogP contribution in [-0.2, 0) is 0 Å². The van der Waals surface area contributed by atoms with Crippen molar-refractivity contribution in [2.45, 2.75) is 19.4 Å². The van der Waals surface area contributed by atoms with Crippen molar-refractivity contribution in [2.75, 3.05) is 13.1 Å². The van der Waals surface area contributed by atoms with Gasteiger partial charge in [-0.1, -0.05) is 0 Å². The number of nitrogens with zero attached hydrogens (tertiary/aromatic N) is 1. The van der Waals surface area contributed by atoms with E-state index >= 15 is 0 Å². The summed E-state index contributed by atoms with van der Waals surface area (Å²) < 4.78 is 6.07. The molecule has 1 aromatic heterocycles. The summed E-state index contributed by atoms with van der Waals surface area (Å²) in [7, 11) is 0. The topological polar surface area (TPSA) is 34.1 Å². The molecule has 3 rings (SSSR count). The number of piperidine rings is 2. The van der Waals surface area contributed by atoms with Gasteiger partial charge in [0.25, 0.3) is 0 Å². The van der Waals surface area contributed by atoms with Crippen LogP contribution in [0.2, 0.25) is 0 Å². The lowest BCUT2D eigenvalue weighted by atomic mass is 9.69. The summed E-state index contributed by atoms with van der Waals surface area (Å²) in [6.07, 6.45) is 5.44. The van der Waals surface area contributed by atoms with Gasteiger partial charge in [-0.3, -0.25) is 4.98 Å². The molecule has 3 nitrogen and oxygen atoms in total. The van der Waals surface area contributed by atoms with Gasteiger partial charge in [-0.25, -0.2) is 0 Å². The summed E-state index contributed by atoms with van der Waals surface area (Å²) in [6.45, 7) is 4.28. The minimum Gasteiger partial charge on any atom is -0.489 e. The molecule has 0 spiro atoms. The van der Waals surface area contributed by atoms with Crippen molar-refractivity contribution in [2.24, 2.45) is 11.8 Å². The molecule has 3 atom stereocenters. The highest BCUT2D eigenvalue weighted by Crippen LogP contribution is 2.39. The number of ether oxygens (including phenoxy) is 1. The van der Waals surface area contributed by atoms with Crippen LogP contribution in [0.1, 0.15) is 12.0 Å². The largest absolute Gasteiger partial charge is 0.489 e. The Labute approximate surface area is 89.9 Å². The fraction of sp³-hybridized carbons (Fsp3) is 0.583. The molecule has 0 radical (unpaired) electrons. The number of aryl methyl sites for hydroxylation is 1. The molecule has 1 aliphatic carbocycles. The van der Waals surface area contributed by atoms with Crippen LogP contribution in [-0.4, -0.2) is 24.2 Å². The van der Waals surface area contributed by atoms with E-state index in [0.29, 0.717) is 6.10 Å². The van der Waals surface area contributed by atoms with Crippen molar-refractivity contribution < 1.29 is 4.74 Å². The molecular weight excluding hydrogens is 188 g/mol. The van der Waals surface area contributed by atoms with Crippen molar-refractivity contribution in [3.8, 4) is 5.75 Å². The average Bonchev–Trinajstić information content (AvgIpc) is 2.29. The molecule has 1 saturated carbocycles. The number of hydrogen-bond donors (Lipinski definition) is 1. The van der Waals surface area contributed by atoms with Gasteiger partial charge in [-0.2, -0.15) is 0 Å². The highest BCUT2D eigenvalue weighted by molar-refractivity contribution is 5.29. The van der Waals surface area contributed by atoms with Crippen LogP contribution in [0, 0.1) is 18.8 Å². The first kappa shape index (κ1) is 9.16. The standard InChI is InChI=1S/C12H16N2O/c1-8-5-13-3-2-11(8)15-12-9-4-10(12)7-14-6-9/h2-3,5,9-10,12,14H,4,6-7H2,1H3/t9-,10+,12?. The third-order valence-electron chi connectivity index (χ3n) is 3.58. The summed E-state index contributed by atoms with van der Waals surface area (Å²) in [5.41, 5.74) is 1.13. The molecule has 80 valence electrons. The van der Waals surface area contributed by atoms with Crippen molar-refractivity contribution in [1.82, 2.24) is 10.3 Å². The Balaban J connectivity index is 1.73. The predicted molar refractivity (Wildman–Crippen MR) is 57.9 cm³/mol. The molecule has 2 aliphatic rings. The van der Waals surface area contributed by atoms with Gasteiger partial charge >= 0.3 is 0 Å². The van der Waals surface area contributed by atoms with Crippen molar-refractivity contribution in [3.63, 3.8) is 0 Å². The Morgan fingerprint density at radius 1 is 1.40 bits per heavy atom. The van der Waals surface area contributed by atoms with E-state index in [1.165, 1.54) is 6.42 Å². The third kappa shape index (κ3) is 1.51. The number of nitrogens with one attached hydrogen (secondary N) is 1. The highest BCUT2D eigenvalue weighted by Gasteiger charge is 2.45. The summed E-state index contributed by atoms with van der Waals surface area (Å²) in [5.74, 6) is 2.44. The Kier molecular flexibility index (Phi) is 2.13. The molecule has 0 aromatic carbocycles. The lowest BCUT2D eigenvalue weighted by Gasteiger charge is -2.49. The second kappa shape index (κ2) is 3.49. The zero-order valence-electron chi connectivity index (χ0n) is 8.94. The molecule has 1 unspecified atom stereocenters. The average molecular weight is 204 g/mol. The minimum atomic E-state index is 0.437. The first-order valence-electron chi connectivity index (χ1n) is 5.62. The summed E-state index contributed by atoms with van der Waals surface area (Å²) in [5, 5.41) is 3.42. The van der Waals surface area contributed by atoms with E-state index in [4.69, 9.17) is 4.74 Å². The molecule has 15 heavy (non-hydrogen) atoms. The van der Waals surface area contributed by atoms with Gasteiger partial charge in [-0.05, 0) is 19.4 Å². The number of hydrogen-bond acceptors (Lipinski definition) is 3. The zero-order valence-corrected chi connectivity index (χ0v) is 8.94. The van der Waals surface area contributed by atoms with Gasteiger partial charge in [0, 0.05) is 42.9 Å². The second-order valence-corrected chi connectivity index (χ2v) is 4.64. The molecule has 1 aromatic rings. The molecule has 1 saturated heterocycles. The van der Waals surface area contributed by atoms with Crippen LogP contribution in [0.25, 0.3) is 0 Å². The summed E-state index contributed by atoms with van der Waals surface area (Å²) in [4.78, 5) is 4.08. The van der Waals surface area contributed by atoms with E-state index in [1.807, 2.05) is 12.3 Å². The quantitative estimate of drug-likeness (QED) is 0.790. The third-order valence-corrected chi connectivity index (χ3v) is 3.58. The van der Waals surface area contributed by atoms with Crippen LogP contribution >= 0.6 is 0 Å². The van der Waals surface area contributed by atoms with Crippen molar-refractivity contribution in [1.29, 1.82) is 0 Å². The van der Waals surface area contributed by atoms with Crippen molar-refractivity contribution in [3.05, 3.63) is 24.0 Å². The molecule has 1 N–H and O–H groups in total. The SMILES string of the molecule is Cc1cnccc1OC1[C@@H]2CNC[C@H]1C2. The van der Waals surface area contributed by atoms with E-state index in [0.717, 1.165) is 36.2 Å². The predicted octanol–water partition coefficient (Wildman–Crippen LogP) is 1.38. The maximum absolute atomic E-state index is 6.07. The first-order valence-corrected chi connectivity index (χ1v) is 5.62. The fourth-order valence-corrected chi connectivity index (χ4v) is 2.63. The zero-order chi connectivity index (χ0) is 10.3. The Morgan fingerprint density at radius 2 is 2.20 bits per heavy atom. The number of rotatable bonds is 2. The summed E-state index contributed by atoms with van der Waals surface area (Å²) in [6, 6.07) is 1.97. The van der Waals surface area contributed by atoms with Gasteiger partial charge in [0.2, 0.25) is 0 Å². The van der Waals surface area contributed by atoms with Gasteiger partial charge in [0.15, 0.2) is 0 Å². The first-order chi connectivity index (χ1) is 7.34. The molecule has 2 bridgehead atoms. The number of pyridine rings is 1. The van der Waals surface area contributed by atoms with E-state index < -0.39 is 0 Å². The highest BCUT2D eigenvalue weighted by atomic mass is 16.5. The molecule has 2 heterocycles. The molecule has 2 fully saturated rings. The van der Waals surface area contributed by atoms with E-state index in [2.05, 4.69) is 17.2 Å². The molecular formula is C12H16N2O. The van der Waals surface area contributed by atoms with Gasteiger partial charge < -0.3 is 10.1 Å². The van der Waals surface area contributed by atoms with Crippen LogP contribution in [0.5, 0.6) is 5.75 Å². The van der Waals surface area contributed by atoms with Gasteiger partial charge in [-0.15, -0.1) is 0 Å². The fourth-order valence-electron chi connectivity index (χ4n) is 2.63. The minimum absolute atomic E-state index is 0.437. The number of aromatic nitrogens is 1. The van der Waals surface area contributed by atoms with E-state index in [-0.39, 0.29) is 0 Å². The van der Waals surface area contributed by atoms with Crippen LogP contribution in [0.3, 0.4) is 0 Å². The van der Waals surface area contributed by atoms with Crippen LogP contribution in [0.15, 0.2) is 18.5 Å². The van der Waals surface area contributed by atoms with E-state index in [9.17, 15) is 0 Å². The Bertz CT molecular complexity index is 352. The smallest absolute Gasteiger partial charge is 0.125 e. The lowest BCUT2D eigenvalue weighted by molar-refractivity contribution is -0.0449.